The average Bonchev–Trinajstić information content (AvgIpc) is 3.12. The number of carbonyl (C=O) groups excluding carboxylic acids is 1. The zero-order chi connectivity index (χ0) is 21.7. The van der Waals surface area contributed by atoms with Crippen molar-refractivity contribution in [2.45, 2.75) is 13.3 Å². The second-order valence-corrected chi connectivity index (χ2v) is 6.77. The zero-order valence-electron chi connectivity index (χ0n) is 15.6. The predicted octanol–water partition coefficient (Wildman–Crippen LogP) is 3.73. The Bertz CT molecular complexity index is 1010. The molecule has 0 radical (unpaired) electrons. The maximum Gasteiger partial charge on any atom is 0.274 e. The summed E-state index contributed by atoms with van der Waals surface area (Å²) in [6, 6.07) is 6.17. The van der Waals surface area contributed by atoms with Gasteiger partial charge in [0.2, 0.25) is 10.3 Å². The van der Waals surface area contributed by atoms with Crippen LogP contribution in [0.3, 0.4) is 0 Å². The van der Waals surface area contributed by atoms with Crippen LogP contribution < -0.4 is 15.8 Å². The molecule has 0 spiro atoms. The number of aromatic nitrogens is 3. The lowest BCUT2D eigenvalue weighted by atomic mass is 10.2. The molecule has 0 bridgehead atoms. The summed E-state index contributed by atoms with van der Waals surface area (Å²) in [6.45, 7) is 1.45. The molecule has 0 aliphatic heterocycles. The van der Waals surface area contributed by atoms with E-state index >= 15 is 0 Å². The molecule has 0 saturated carbocycles. The number of anilines is 2. The molecule has 0 aliphatic rings. The third-order valence-corrected chi connectivity index (χ3v) is 4.55. The number of benzene rings is 1. The molecule has 0 aliphatic carbocycles. The van der Waals surface area contributed by atoms with Crippen molar-refractivity contribution in [1.29, 1.82) is 0 Å². The van der Waals surface area contributed by atoms with Crippen LogP contribution in [-0.2, 0) is 0 Å². The van der Waals surface area contributed by atoms with Gasteiger partial charge in [-0.2, -0.15) is 4.39 Å². The predicted molar refractivity (Wildman–Crippen MR) is 104 cm³/mol. The molecule has 7 nitrogen and oxygen atoms in total. The van der Waals surface area contributed by atoms with E-state index in [-0.39, 0.29) is 27.9 Å². The molecule has 0 saturated heterocycles. The van der Waals surface area contributed by atoms with Gasteiger partial charge in [0.05, 0.1) is 12.2 Å². The molecule has 0 fully saturated rings. The van der Waals surface area contributed by atoms with E-state index in [1.54, 1.807) is 6.92 Å². The molecule has 3 rings (SSSR count). The number of carbonyl (C=O) groups is 1. The minimum atomic E-state index is -2.59. The molecule has 0 atom stereocenters. The summed E-state index contributed by atoms with van der Waals surface area (Å²) in [5.74, 6) is -0.969. The molecule has 2 N–H and O–H groups in total. The van der Waals surface area contributed by atoms with Crippen molar-refractivity contribution in [3.8, 4) is 11.4 Å². The first-order valence-corrected chi connectivity index (χ1v) is 9.55. The Morgan fingerprint density at radius 1 is 1.20 bits per heavy atom. The van der Waals surface area contributed by atoms with Gasteiger partial charge in [-0.15, -0.1) is 0 Å². The molecule has 1 aromatic carbocycles. The maximum absolute atomic E-state index is 14.6. The highest BCUT2D eigenvalue weighted by atomic mass is 32.1. The van der Waals surface area contributed by atoms with Gasteiger partial charge in [-0.1, -0.05) is 18.3 Å². The molecule has 1 amide bonds. The highest BCUT2D eigenvalue weighted by molar-refractivity contribution is 7.14. The van der Waals surface area contributed by atoms with Crippen molar-refractivity contribution in [3.05, 3.63) is 53.2 Å². The van der Waals surface area contributed by atoms with Gasteiger partial charge in [0, 0.05) is 18.2 Å². The summed E-state index contributed by atoms with van der Waals surface area (Å²) in [7, 11) is 0. The Labute approximate surface area is 172 Å². The highest BCUT2D eigenvalue weighted by Gasteiger charge is 2.24. The second kappa shape index (κ2) is 9.59. The van der Waals surface area contributed by atoms with Crippen molar-refractivity contribution in [3.63, 3.8) is 0 Å². The van der Waals surface area contributed by atoms with Crippen LogP contribution in [0.2, 0.25) is 0 Å². The Morgan fingerprint density at radius 3 is 2.60 bits per heavy atom. The van der Waals surface area contributed by atoms with Gasteiger partial charge in [-0.25, -0.2) is 38.6 Å². The maximum atomic E-state index is 14.6. The van der Waals surface area contributed by atoms with Crippen molar-refractivity contribution in [2.24, 2.45) is 0 Å². The number of rotatable bonds is 8. The Kier molecular flexibility index (Phi) is 6.90. The Hall–Kier alpha value is -3.12. The van der Waals surface area contributed by atoms with Crippen LogP contribution in [0, 0.1) is 10.9 Å². The van der Waals surface area contributed by atoms with Gasteiger partial charge >= 0.3 is 0 Å². The highest BCUT2D eigenvalue weighted by Crippen LogP contribution is 2.31. The average molecular weight is 440 g/mol. The zero-order valence-corrected chi connectivity index (χ0v) is 16.4. The molecular weight excluding hydrogens is 424 g/mol. The van der Waals surface area contributed by atoms with E-state index < -0.39 is 29.8 Å². The fraction of sp³-hybridized carbons (Fsp3) is 0.222. The first-order chi connectivity index (χ1) is 14.4. The van der Waals surface area contributed by atoms with Gasteiger partial charge in [0.1, 0.15) is 23.7 Å². The first-order valence-electron chi connectivity index (χ1n) is 8.73. The molecule has 0 unspecified atom stereocenters. The normalized spacial score (nSPS) is 11.0. The van der Waals surface area contributed by atoms with Gasteiger partial charge in [-0.3, -0.25) is 4.79 Å². The van der Waals surface area contributed by atoms with Crippen molar-refractivity contribution in [2.75, 3.05) is 23.4 Å². The van der Waals surface area contributed by atoms with Crippen molar-refractivity contribution < 1.29 is 22.4 Å². The smallest absolute Gasteiger partial charge is 0.274 e. The van der Waals surface area contributed by atoms with Crippen molar-refractivity contribution in [1.82, 2.24) is 20.4 Å². The fourth-order valence-electron chi connectivity index (χ4n) is 2.42. The van der Waals surface area contributed by atoms with E-state index in [2.05, 4.69) is 25.7 Å². The molecular formula is C18H16F4N6OS. The molecule has 2 aromatic heterocycles. The number of amides is 1. The number of nitrogens with one attached hydrogen (secondary N) is 2. The summed E-state index contributed by atoms with van der Waals surface area (Å²) in [4.78, 5) is 24.7. The lowest BCUT2D eigenvalue weighted by Gasteiger charge is -2.19. The van der Waals surface area contributed by atoms with Crippen LogP contribution in [0.25, 0.3) is 11.4 Å². The third-order valence-electron chi connectivity index (χ3n) is 3.72. The van der Waals surface area contributed by atoms with E-state index in [9.17, 15) is 22.4 Å². The Morgan fingerprint density at radius 2 is 1.93 bits per heavy atom. The first kappa shape index (κ1) is 21.6. The summed E-state index contributed by atoms with van der Waals surface area (Å²) in [6.07, 6.45) is -1.50. The Balaban J connectivity index is 1.90. The number of hydrogen-bond acceptors (Lipinski definition) is 7. The number of hydrogen-bond donors (Lipinski definition) is 2. The minimum absolute atomic E-state index is 0.000577. The van der Waals surface area contributed by atoms with Gasteiger partial charge < -0.3 is 5.32 Å². The van der Waals surface area contributed by atoms with Crippen LogP contribution in [0.15, 0.2) is 36.7 Å². The second-order valence-electron chi connectivity index (χ2n) is 5.84. The van der Waals surface area contributed by atoms with Crippen LogP contribution in [0.4, 0.5) is 28.5 Å². The number of nitrogens with zero attached hydrogens (tertiary/aromatic N) is 4. The third kappa shape index (κ3) is 5.07. The SMILES string of the molecule is CCNN(C(=O)c1ccc(F)cc1)c1nc(-c2cc(NCC(F)F)ncn2)c(F)s1. The number of alkyl halides is 2. The van der Waals surface area contributed by atoms with E-state index in [4.69, 9.17) is 0 Å². The van der Waals surface area contributed by atoms with Crippen LogP contribution in [-0.4, -0.2) is 40.4 Å². The monoisotopic (exact) mass is 440 g/mol. The number of thiazole rings is 1. The standard InChI is InChI=1S/C18H16F4N6OS/c1-2-26-28(17(29)10-3-5-11(19)6-4-10)18-27-15(16(22)30-18)12-7-14(25-9-24-12)23-8-13(20)21/h3-7,9,13,26H,2,8H2,1H3,(H,23,24,25). The minimum Gasteiger partial charge on any atom is -0.364 e. The van der Waals surface area contributed by atoms with E-state index in [1.165, 1.54) is 18.2 Å². The number of hydrazine groups is 1. The fourth-order valence-corrected chi connectivity index (χ4v) is 3.20. The largest absolute Gasteiger partial charge is 0.364 e. The van der Waals surface area contributed by atoms with Gasteiger partial charge in [0.15, 0.2) is 0 Å². The summed E-state index contributed by atoms with van der Waals surface area (Å²) in [5.41, 5.74) is 2.87. The van der Waals surface area contributed by atoms with Crippen LogP contribution in [0.5, 0.6) is 0 Å². The summed E-state index contributed by atoms with van der Waals surface area (Å²) < 4.78 is 52.5. The lowest BCUT2D eigenvalue weighted by Crippen LogP contribution is -2.43. The van der Waals surface area contributed by atoms with E-state index in [0.717, 1.165) is 23.5 Å². The molecule has 12 heteroatoms. The lowest BCUT2D eigenvalue weighted by molar-refractivity contribution is 0.0974. The molecule has 158 valence electrons. The van der Waals surface area contributed by atoms with Gasteiger partial charge in [-0.05, 0) is 24.3 Å². The van der Waals surface area contributed by atoms with Crippen LogP contribution >= 0.6 is 11.3 Å². The van der Waals surface area contributed by atoms with E-state index in [0.29, 0.717) is 17.9 Å². The molecule has 30 heavy (non-hydrogen) atoms. The quantitative estimate of drug-likeness (QED) is 0.410. The summed E-state index contributed by atoms with van der Waals surface area (Å²) >= 11 is 0.597. The number of halogens is 4. The summed E-state index contributed by atoms with van der Waals surface area (Å²) in [5, 5.41) is 2.75. The van der Waals surface area contributed by atoms with Crippen molar-refractivity contribution >= 4 is 28.2 Å². The molecule has 3 aromatic rings. The van der Waals surface area contributed by atoms with E-state index in [1.807, 2.05) is 0 Å². The molecule has 2 heterocycles. The topological polar surface area (TPSA) is 83.0 Å². The van der Waals surface area contributed by atoms with Crippen LogP contribution in [0.1, 0.15) is 17.3 Å². The van der Waals surface area contributed by atoms with Gasteiger partial charge in [0.25, 0.3) is 12.3 Å².